The molecule has 16 heavy (non-hydrogen) atoms. The zero-order valence-electron chi connectivity index (χ0n) is 9.78. The van der Waals surface area contributed by atoms with Crippen LogP contribution in [0.3, 0.4) is 0 Å². The van der Waals surface area contributed by atoms with Gasteiger partial charge < -0.3 is 10.4 Å². The number of nitrogens with zero attached hydrogens (tertiary/aromatic N) is 1. The molecule has 0 unspecified atom stereocenters. The first-order valence-electron chi connectivity index (χ1n) is 6.08. The Hall–Kier alpha value is -0.450. The summed E-state index contributed by atoms with van der Waals surface area (Å²) in [5, 5.41) is 13.5. The molecule has 0 saturated heterocycles. The van der Waals surface area contributed by atoms with Crippen molar-refractivity contribution in [1.82, 2.24) is 10.3 Å². The van der Waals surface area contributed by atoms with Crippen molar-refractivity contribution in [3.63, 3.8) is 0 Å². The summed E-state index contributed by atoms with van der Waals surface area (Å²) in [7, 11) is 0. The van der Waals surface area contributed by atoms with Crippen LogP contribution in [0, 0.1) is 0 Å². The average Bonchev–Trinajstić information content (AvgIpc) is 2.95. The second kappa shape index (κ2) is 5.75. The van der Waals surface area contributed by atoms with Gasteiger partial charge in [-0.1, -0.05) is 12.8 Å². The molecule has 2 rings (SSSR count). The maximum absolute atomic E-state index is 8.92. The zero-order chi connectivity index (χ0) is 11.4. The van der Waals surface area contributed by atoms with Gasteiger partial charge in [-0.3, -0.25) is 0 Å². The SMILES string of the molecule is C[C@H](CO)NCc1cnc(C2CCCC2)s1. The van der Waals surface area contributed by atoms with Gasteiger partial charge in [-0.2, -0.15) is 0 Å². The number of aliphatic hydroxyl groups excluding tert-OH is 1. The lowest BCUT2D eigenvalue weighted by molar-refractivity contribution is 0.251. The number of aliphatic hydroxyl groups is 1. The normalized spacial score (nSPS) is 19.1. The number of nitrogens with one attached hydrogen (secondary N) is 1. The number of rotatable bonds is 5. The number of hydrogen-bond donors (Lipinski definition) is 2. The summed E-state index contributed by atoms with van der Waals surface area (Å²) in [6.45, 7) is 3.00. The van der Waals surface area contributed by atoms with Crippen LogP contribution in [0.25, 0.3) is 0 Å². The minimum Gasteiger partial charge on any atom is -0.395 e. The monoisotopic (exact) mass is 240 g/mol. The molecular formula is C12H20N2OS. The van der Waals surface area contributed by atoms with E-state index in [2.05, 4.69) is 10.3 Å². The highest BCUT2D eigenvalue weighted by Gasteiger charge is 2.19. The van der Waals surface area contributed by atoms with Crippen LogP contribution in [0.5, 0.6) is 0 Å². The van der Waals surface area contributed by atoms with E-state index in [1.807, 2.05) is 24.5 Å². The minimum atomic E-state index is 0.164. The van der Waals surface area contributed by atoms with Crippen LogP contribution in [-0.2, 0) is 6.54 Å². The minimum absolute atomic E-state index is 0.164. The molecule has 1 aliphatic carbocycles. The molecule has 3 nitrogen and oxygen atoms in total. The maximum Gasteiger partial charge on any atom is 0.0959 e. The Balaban J connectivity index is 1.86. The lowest BCUT2D eigenvalue weighted by Crippen LogP contribution is -2.28. The van der Waals surface area contributed by atoms with Crippen molar-refractivity contribution in [1.29, 1.82) is 0 Å². The number of aromatic nitrogens is 1. The second-order valence-corrected chi connectivity index (χ2v) is 5.76. The van der Waals surface area contributed by atoms with E-state index in [0.29, 0.717) is 5.92 Å². The lowest BCUT2D eigenvalue weighted by atomic mass is 10.1. The Morgan fingerprint density at radius 1 is 1.56 bits per heavy atom. The summed E-state index contributed by atoms with van der Waals surface area (Å²) >= 11 is 1.83. The largest absolute Gasteiger partial charge is 0.395 e. The van der Waals surface area contributed by atoms with Crippen molar-refractivity contribution in [3.8, 4) is 0 Å². The van der Waals surface area contributed by atoms with Crippen LogP contribution in [0.15, 0.2) is 6.20 Å². The third kappa shape index (κ3) is 3.03. The molecule has 1 atom stereocenters. The standard InChI is InChI=1S/C12H20N2OS/c1-9(8-15)13-6-11-7-14-12(16-11)10-4-2-3-5-10/h7,9-10,13,15H,2-6,8H2,1H3/t9-/m1/s1. The molecule has 0 spiro atoms. The highest BCUT2D eigenvalue weighted by molar-refractivity contribution is 7.11. The third-order valence-corrected chi connectivity index (χ3v) is 4.33. The van der Waals surface area contributed by atoms with Gasteiger partial charge in [-0.25, -0.2) is 4.98 Å². The highest BCUT2D eigenvalue weighted by Crippen LogP contribution is 2.35. The first-order chi connectivity index (χ1) is 7.79. The van der Waals surface area contributed by atoms with Crippen LogP contribution >= 0.6 is 11.3 Å². The summed E-state index contributed by atoms with van der Waals surface area (Å²) in [4.78, 5) is 5.80. The van der Waals surface area contributed by atoms with Gasteiger partial charge >= 0.3 is 0 Å². The van der Waals surface area contributed by atoms with Gasteiger partial charge in [0.25, 0.3) is 0 Å². The molecule has 0 aliphatic heterocycles. The molecule has 1 aromatic heterocycles. The third-order valence-electron chi connectivity index (χ3n) is 3.17. The Morgan fingerprint density at radius 2 is 2.31 bits per heavy atom. The first-order valence-corrected chi connectivity index (χ1v) is 6.90. The van der Waals surface area contributed by atoms with Crippen molar-refractivity contribution in [2.24, 2.45) is 0 Å². The fourth-order valence-corrected chi connectivity index (χ4v) is 3.14. The summed E-state index contributed by atoms with van der Waals surface area (Å²) in [5.41, 5.74) is 0. The molecule has 0 bridgehead atoms. The Morgan fingerprint density at radius 3 is 3.00 bits per heavy atom. The predicted molar refractivity (Wildman–Crippen MR) is 66.7 cm³/mol. The second-order valence-electron chi connectivity index (χ2n) is 4.61. The molecule has 1 aliphatic rings. The van der Waals surface area contributed by atoms with E-state index in [1.54, 1.807) is 0 Å². The lowest BCUT2D eigenvalue weighted by Gasteiger charge is -2.08. The molecule has 1 heterocycles. The van der Waals surface area contributed by atoms with E-state index in [0.717, 1.165) is 6.54 Å². The topological polar surface area (TPSA) is 45.1 Å². The Bertz CT molecular complexity index is 321. The van der Waals surface area contributed by atoms with Crippen LogP contribution < -0.4 is 5.32 Å². The summed E-state index contributed by atoms with van der Waals surface area (Å²) in [5.74, 6) is 0.717. The van der Waals surface area contributed by atoms with Gasteiger partial charge in [-0.15, -0.1) is 11.3 Å². The van der Waals surface area contributed by atoms with Crippen molar-refractivity contribution < 1.29 is 5.11 Å². The molecule has 4 heteroatoms. The molecular weight excluding hydrogens is 220 g/mol. The van der Waals surface area contributed by atoms with Gasteiger partial charge in [0.2, 0.25) is 0 Å². The first kappa shape index (κ1) is 12.0. The van der Waals surface area contributed by atoms with E-state index in [1.165, 1.54) is 35.6 Å². The van der Waals surface area contributed by atoms with Crippen molar-refractivity contribution in [2.45, 2.75) is 51.1 Å². The van der Waals surface area contributed by atoms with Crippen LogP contribution in [0.2, 0.25) is 0 Å². The molecule has 0 aromatic carbocycles. The van der Waals surface area contributed by atoms with Crippen molar-refractivity contribution in [2.75, 3.05) is 6.61 Å². The summed E-state index contributed by atoms with van der Waals surface area (Å²) in [6.07, 6.45) is 7.33. The molecule has 0 amide bonds. The smallest absolute Gasteiger partial charge is 0.0959 e. The summed E-state index contributed by atoms with van der Waals surface area (Å²) in [6, 6.07) is 0.164. The molecule has 90 valence electrons. The van der Waals surface area contributed by atoms with Crippen LogP contribution in [0.1, 0.15) is 48.4 Å². The molecule has 0 radical (unpaired) electrons. The maximum atomic E-state index is 8.92. The van der Waals surface area contributed by atoms with Crippen molar-refractivity contribution in [3.05, 3.63) is 16.1 Å². The van der Waals surface area contributed by atoms with Gasteiger partial charge in [0, 0.05) is 29.6 Å². The van der Waals surface area contributed by atoms with Crippen molar-refractivity contribution >= 4 is 11.3 Å². The highest BCUT2D eigenvalue weighted by atomic mass is 32.1. The van der Waals surface area contributed by atoms with E-state index in [9.17, 15) is 0 Å². The zero-order valence-corrected chi connectivity index (χ0v) is 10.6. The van der Waals surface area contributed by atoms with E-state index in [-0.39, 0.29) is 12.6 Å². The fourth-order valence-electron chi connectivity index (χ4n) is 2.11. The summed E-state index contributed by atoms with van der Waals surface area (Å²) < 4.78 is 0. The molecule has 2 N–H and O–H groups in total. The Kier molecular flexibility index (Phi) is 4.32. The molecule has 1 fully saturated rings. The van der Waals surface area contributed by atoms with E-state index in [4.69, 9.17) is 5.11 Å². The van der Waals surface area contributed by atoms with Gasteiger partial charge in [0.15, 0.2) is 0 Å². The molecule has 1 aromatic rings. The average molecular weight is 240 g/mol. The van der Waals surface area contributed by atoms with Gasteiger partial charge in [-0.05, 0) is 19.8 Å². The van der Waals surface area contributed by atoms with Crippen LogP contribution in [0.4, 0.5) is 0 Å². The van der Waals surface area contributed by atoms with E-state index >= 15 is 0 Å². The quantitative estimate of drug-likeness (QED) is 0.830. The van der Waals surface area contributed by atoms with Gasteiger partial charge in [0.05, 0.1) is 11.6 Å². The number of thiazole rings is 1. The predicted octanol–water partition coefficient (Wildman–Crippen LogP) is 2.27. The Labute approximate surface area is 101 Å². The van der Waals surface area contributed by atoms with Crippen LogP contribution in [-0.4, -0.2) is 22.7 Å². The van der Waals surface area contributed by atoms with E-state index < -0.39 is 0 Å². The fraction of sp³-hybridized carbons (Fsp3) is 0.750. The van der Waals surface area contributed by atoms with Gasteiger partial charge in [0.1, 0.15) is 0 Å². The molecule has 1 saturated carbocycles. The number of hydrogen-bond acceptors (Lipinski definition) is 4.